The summed E-state index contributed by atoms with van der Waals surface area (Å²) in [7, 11) is 0. The van der Waals surface area contributed by atoms with Crippen molar-refractivity contribution >= 4 is 6.08 Å². The Morgan fingerprint density at radius 1 is 1.11 bits per heavy atom. The lowest BCUT2D eigenvalue weighted by Crippen LogP contribution is -2.19. The number of rotatable bonds is 7. The van der Waals surface area contributed by atoms with Crippen LogP contribution in [0.5, 0.6) is 0 Å². The number of aryl methyl sites for hydroxylation is 1. The van der Waals surface area contributed by atoms with Gasteiger partial charge in [0.2, 0.25) is 0 Å². The topological polar surface area (TPSA) is 9.23 Å². The third-order valence-corrected chi connectivity index (χ3v) is 2.90. The standard InChI is InChI=1S/C18H28O/c1-16-11-10-13-17(15-16)12-8-6-5-7-9-14-19-18(2,3)4/h8,10-13,15H,5-7,9,14H2,1-4H3/b12-8+. The maximum atomic E-state index is 5.70. The van der Waals surface area contributed by atoms with E-state index in [1.165, 1.54) is 24.0 Å². The van der Waals surface area contributed by atoms with Crippen molar-refractivity contribution in [3.05, 3.63) is 41.5 Å². The summed E-state index contributed by atoms with van der Waals surface area (Å²) >= 11 is 0. The fraction of sp³-hybridized carbons (Fsp3) is 0.556. The van der Waals surface area contributed by atoms with Crippen LogP contribution in [0.1, 0.15) is 57.6 Å². The first kappa shape index (κ1) is 16.0. The van der Waals surface area contributed by atoms with E-state index in [-0.39, 0.29) is 5.60 Å². The van der Waals surface area contributed by atoms with E-state index in [9.17, 15) is 0 Å². The summed E-state index contributed by atoms with van der Waals surface area (Å²) < 4.78 is 5.70. The van der Waals surface area contributed by atoms with Gasteiger partial charge in [-0.1, -0.05) is 48.4 Å². The molecule has 0 aliphatic rings. The zero-order chi connectivity index (χ0) is 14.1. The van der Waals surface area contributed by atoms with Crippen molar-refractivity contribution in [2.24, 2.45) is 0 Å². The highest BCUT2D eigenvalue weighted by Gasteiger charge is 2.08. The van der Waals surface area contributed by atoms with Gasteiger partial charge in [0.25, 0.3) is 0 Å². The summed E-state index contributed by atoms with van der Waals surface area (Å²) in [5, 5.41) is 0. The van der Waals surface area contributed by atoms with Crippen molar-refractivity contribution in [3.8, 4) is 0 Å². The Bertz CT molecular complexity index is 385. The highest BCUT2D eigenvalue weighted by Crippen LogP contribution is 2.10. The smallest absolute Gasteiger partial charge is 0.0598 e. The number of benzene rings is 1. The number of ether oxygens (including phenoxy) is 1. The van der Waals surface area contributed by atoms with E-state index in [4.69, 9.17) is 4.74 Å². The molecule has 1 rings (SSSR count). The molecule has 1 aromatic carbocycles. The van der Waals surface area contributed by atoms with E-state index in [1.807, 2.05) is 0 Å². The molecule has 0 aliphatic heterocycles. The van der Waals surface area contributed by atoms with Crippen molar-refractivity contribution < 1.29 is 4.74 Å². The Hall–Kier alpha value is -1.08. The Balaban J connectivity index is 2.08. The number of unbranched alkanes of at least 4 members (excludes halogenated alkanes) is 3. The van der Waals surface area contributed by atoms with Crippen molar-refractivity contribution in [2.45, 2.75) is 59.0 Å². The summed E-state index contributed by atoms with van der Waals surface area (Å²) in [6.07, 6.45) is 9.31. The fourth-order valence-corrected chi connectivity index (χ4v) is 1.91. The molecule has 0 radical (unpaired) electrons. The highest BCUT2D eigenvalue weighted by atomic mass is 16.5. The van der Waals surface area contributed by atoms with Crippen LogP contribution in [-0.4, -0.2) is 12.2 Å². The van der Waals surface area contributed by atoms with Crippen LogP contribution in [0.4, 0.5) is 0 Å². The number of hydrogen-bond donors (Lipinski definition) is 0. The summed E-state index contributed by atoms with van der Waals surface area (Å²) in [6.45, 7) is 9.34. The van der Waals surface area contributed by atoms with Crippen molar-refractivity contribution in [3.63, 3.8) is 0 Å². The molecule has 106 valence electrons. The van der Waals surface area contributed by atoms with Crippen LogP contribution in [0.25, 0.3) is 6.08 Å². The van der Waals surface area contributed by atoms with Gasteiger partial charge in [-0.25, -0.2) is 0 Å². The number of hydrogen-bond acceptors (Lipinski definition) is 1. The third kappa shape index (κ3) is 8.61. The lowest BCUT2D eigenvalue weighted by Gasteiger charge is -2.19. The molecular formula is C18H28O. The Morgan fingerprint density at radius 2 is 1.89 bits per heavy atom. The van der Waals surface area contributed by atoms with Crippen LogP contribution in [0, 0.1) is 6.92 Å². The zero-order valence-electron chi connectivity index (χ0n) is 12.9. The average molecular weight is 260 g/mol. The van der Waals surface area contributed by atoms with Crippen LogP contribution in [0.15, 0.2) is 30.3 Å². The SMILES string of the molecule is Cc1cccc(/C=C/CCCCCOC(C)(C)C)c1. The predicted molar refractivity (Wildman–Crippen MR) is 84.4 cm³/mol. The van der Waals surface area contributed by atoms with Crippen LogP contribution in [-0.2, 0) is 4.74 Å². The molecule has 0 aromatic heterocycles. The van der Waals surface area contributed by atoms with Gasteiger partial charge in [-0.3, -0.25) is 0 Å². The molecule has 0 N–H and O–H groups in total. The molecule has 0 amide bonds. The molecule has 0 fully saturated rings. The molecule has 0 saturated heterocycles. The molecule has 0 bridgehead atoms. The first-order valence-corrected chi connectivity index (χ1v) is 7.34. The van der Waals surface area contributed by atoms with E-state index in [0.29, 0.717) is 0 Å². The van der Waals surface area contributed by atoms with E-state index in [0.717, 1.165) is 19.4 Å². The molecule has 1 aromatic rings. The monoisotopic (exact) mass is 260 g/mol. The summed E-state index contributed by atoms with van der Waals surface area (Å²) in [4.78, 5) is 0. The van der Waals surface area contributed by atoms with Crippen molar-refractivity contribution in [1.29, 1.82) is 0 Å². The number of allylic oxidation sites excluding steroid dienone is 1. The normalized spacial score (nSPS) is 12.2. The maximum absolute atomic E-state index is 5.70. The van der Waals surface area contributed by atoms with E-state index < -0.39 is 0 Å². The van der Waals surface area contributed by atoms with Crippen LogP contribution < -0.4 is 0 Å². The van der Waals surface area contributed by atoms with Crippen LogP contribution >= 0.6 is 0 Å². The van der Waals surface area contributed by atoms with Crippen molar-refractivity contribution in [2.75, 3.05) is 6.61 Å². The lowest BCUT2D eigenvalue weighted by atomic mass is 10.1. The van der Waals surface area contributed by atoms with Gasteiger partial charge >= 0.3 is 0 Å². The summed E-state index contributed by atoms with van der Waals surface area (Å²) in [6, 6.07) is 8.61. The lowest BCUT2D eigenvalue weighted by molar-refractivity contribution is -0.00468. The Morgan fingerprint density at radius 3 is 2.58 bits per heavy atom. The van der Waals surface area contributed by atoms with E-state index >= 15 is 0 Å². The second-order valence-corrected chi connectivity index (χ2v) is 6.13. The molecule has 1 nitrogen and oxygen atoms in total. The van der Waals surface area contributed by atoms with Gasteiger partial charge < -0.3 is 4.74 Å². The van der Waals surface area contributed by atoms with Crippen molar-refractivity contribution in [1.82, 2.24) is 0 Å². The molecule has 1 heteroatoms. The first-order chi connectivity index (χ1) is 8.97. The van der Waals surface area contributed by atoms with E-state index in [2.05, 4.69) is 64.1 Å². The molecule has 0 spiro atoms. The summed E-state index contributed by atoms with van der Waals surface area (Å²) in [5.41, 5.74) is 2.63. The van der Waals surface area contributed by atoms with Gasteiger partial charge in [0.05, 0.1) is 5.60 Å². The Labute approximate surface area is 118 Å². The van der Waals surface area contributed by atoms with Crippen LogP contribution in [0.3, 0.4) is 0 Å². The first-order valence-electron chi connectivity index (χ1n) is 7.34. The van der Waals surface area contributed by atoms with Crippen LogP contribution in [0.2, 0.25) is 0 Å². The minimum atomic E-state index is 0.00503. The molecule has 0 unspecified atom stereocenters. The van der Waals surface area contributed by atoms with Gasteiger partial charge in [-0.2, -0.15) is 0 Å². The second kappa shape index (κ2) is 8.16. The molecule has 0 saturated carbocycles. The molecule has 0 aliphatic carbocycles. The van der Waals surface area contributed by atoms with E-state index in [1.54, 1.807) is 0 Å². The average Bonchev–Trinajstić information content (AvgIpc) is 2.31. The molecule has 0 atom stereocenters. The zero-order valence-corrected chi connectivity index (χ0v) is 12.9. The van der Waals surface area contributed by atoms with Gasteiger partial charge in [0, 0.05) is 6.61 Å². The maximum Gasteiger partial charge on any atom is 0.0598 e. The molecular weight excluding hydrogens is 232 g/mol. The molecule has 0 heterocycles. The quantitative estimate of drug-likeness (QED) is 0.598. The van der Waals surface area contributed by atoms with Gasteiger partial charge in [-0.15, -0.1) is 0 Å². The fourth-order valence-electron chi connectivity index (χ4n) is 1.91. The minimum absolute atomic E-state index is 0.00503. The van der Waals surface area contributed by atoms with Gasteiger partial charge in [-0.05, 0) is 52.5 Å². The highest BCUT2D eigenvalue weighted by molar-refractivity contribution is 5.49. The third-order valence-electron chi connectivity index (χ3n) is 2.90. The second-order valence-electron chi connectivity index (χ2n) is 6.13. The van der Waals surface area contributed by atoms with Gasteiger partial charge in [0.1, 0.15) is 0 Å². The molecule has 19 heavy (non-hydrogen) atoms. The predicted octanol–water partition coefficient (Wildman–Crippen LogP) is 5.38. The largest absolute Gasteiger partial charge is 0.376 e. The summed E-state index contributed by atoms with van der Waals surface area (Å²) in [5.74, 6) is 0. The van der Waals surface area contributed by atoms with Gasteiger partial charge in [0.15, 0.2) is 0 Å². The Kier molecular flexibility index (Phi) is 6.86. The minimum Gasteiger partial charge on any atom is -0.376 e.